The molecule has 2 aromatic rings. The molecule has 0 saturated carbocycles. The first kappa shape index (κ1) is 11.5. The molecule has 1 heterocycles. The van der Waals surface area contributed by atoms with E-state index in [1.807, 2.05) is 0 Å². The van der Waals surface area contributed by atoms with Gasteiger partial charge in [0, 0.05) is 6.20 Å². The number of halogens is 3. The molecule has 16 heavy (non-hydrogen) atoms. The van der Waals surface area contributed by atoms with Crippen molar-refractivity contribution < 1.29 is 4.79 Å². The summed E-state index contributed by atoms with van der Waals surface area (Å²) in [7, 11) is 0. The highest BCUT2D eigenvalue weighted by molar-refractivity contribution is 6.67. The van der Waals surface area contributed by atoms with Crippen LogP contribution < -0.4 is 0 Å². The van der Waals surface area contributed by atoms with Gasteiger partial charge in [-0.05, 0) is 29.8 Å². The summed E-state index contributed by atoms with van der Waals surface area (Å²) in [6.07, 6.45) is 2.91. The third kappa shape index (κ3) is 2.21. The van der Waals surface area contributed by atoms with E-state index in [-0.39, 0.29) is 0 Å². The van der Waals surface area contributed by atoms with E-state index in [4.69, 9.17) is 34.8 Å². The van der Waals surface area contributed by atoms with Crippen molar-refractivity contribution in [1.29, 1.82) is 0 Å². The molecule has 6 heteroatoms. The Bertz CT molecular complexity index is 551. The van der Waals surface area contributed by atoms with Crippen LogP contribution in [-0.2, 0) is 0 Å². The second-order valence-corrected chi connectivity index (χ2v) is 4.20. The first-order chi connectivity index (χ1) is 7.58. The Balaban J connectivity index is 2.42. The third-order valence-corrected chi connectivity index (χ3v) is 2.93. The zero-order valence-corrected chi connectivity index (χ0v) is 10.1. The van der Waals surface area contributed by atoms with Crippen LogP contribution in [0.3, 0.4) is 0 Å². The normalized spacial score (nSPS) is 10.4. The molecular formula is C10H5Cl3N2O. The predicted octanol–water partition coefficient (Wildman–Crippen LogP) is 3.56. The van der Waals surface area contributed by atoms with Gasteiger partial charge in [-0.2, -0.15) is 5.10 Å². The maximum Gasteiger partial charge on any atom is 0.255 e. The largest absolute Gasteiger partial charge is 0.275 e. The topological polar surface area (TPSA) is 34.9 Å². The molecule has 0 fully saturated rings. The number of benzene rings is 1. The number of hydrogen-bond acceptors (Lipinski definition) is 2. The summed E-state index contributed by atoms with van der Waals surface area (Å²) >= 11 is 17.0. The molecule has 82 valence electrons. The van der Waals surface area contributed by atoms with Crippen molar-refractivity contribution in [2.45, 2.75) is 0 Å². The lowest BCUT2D eigenvalue weighted by atomic mass is 10.3. The second kappa shape index (κ2) is 4.45. The van der Waals surface area contributed by atoms with E-state index in [0.717, 1.165) is 0 Å². The molecular weight excluding hydrogens is 270 g/mol. The van der Waals surface area contributed by atoms with Crippen LogP contribution in [0.4, 0.5) is 0 Å². The fourth-order valence-electron chi connectivity index (χ4n) is 1.19. The molecule has 1 aromatic heterocycles. The van der Waals surface area contributed by atoms with Crippen LogP contribution in [0.5, 0.6) is 0 Å². The van der Waals surface area contributed by atoms with Gasteiger partial charge in [-0.1, -0.05) is 23.2 Å². The first-order valence-corrected chi connectivity index (χ1v) is 5.41. The summed E-state index contributed by atoms with van der Waals surface area (Å²) in [5.41, 5.74) is 1.03. The highest BCUT2D eigenvalue weighted by Crippen LogP contribution is 2.24. The summed E-state index contributed by atoms with van der Waals surface area (Å²) in [5.74, 6) is 0. The van der Waals surface area contributed by atoms with Crippen LogP contribution in [0.1, 0.15) is 10.4 Å². The van der Waals surface area contributed by atoms with Gasteiger partial charge in [0.05, 0.1) is 27.5 Å². The van der Waals surface area contributed by atoms with Gasteiger partial charge in [0.1, 0.15) is 0 Å². The molecule has 0 bridgehead atoms. The summed E-state index contributed by atoms with van der Waals surface area (Å²) < 4.78 is 1.50. The Hall–Kier alpha value is -1.03. The lowest BCUT2D eigenvalue weighted by molar-refractivity contribution is 0.108. The Kier molecular flexibility index (Phi) is 3.19. The molecule has 0 saturated heterocycles. The van der Waals surface area contributed by atoms with Crippen molar-refractivity contribution >= 4 is 40.0 Å². The second-order valence-electron chi connectivity index (χ2n) is 3.05. The lowest BCUT2D eigenvalue weighted by Gasteiger charge is -2.02. The smallest absolute Gasteiger partial charge is 0.255 e. The molecule has 0 aliphatic heterocycles. The van der Waals surface area contributed by atoms with E-state index in [9.17, 15) is 4.79 Å². The van der Waals surface area contributed by atoms with E-state index in [0.29, 0.717) is 21.3 Å². The first-order valence-electron chi connectivity index (χ1n) is 4.28. The van der Waals surface area contributed by atoms with Gasteiger partial charge < -0.3 is 0 Å². The van der Waals surface area contributed by atoms with Crippen molar-refractivity contribution in [3.05, 3.63) is 46.2 Å². The number of carbonyl (C=O) groups excluding carboxylic acids is 1. The van der Waals surface area contributed by atoms with Crippen LogP contribution in [-0.4, -0.2) is 15.0 Å². The minimum Gasteiger partial charge on any atom is -0.275 e. The maximum atomic E-state index is 10.9. The predicted molar refractivity (Wildman–Crippen MR) is 63.8 cm³/mol. The summed E-state index contributed by atoms with van der Waals surface area (Å²) in [5, 5.41) is 4.33. The molecule has 0 aliphatic carbocycles. The standard InChI is InChI=1S/C10H5Cl3N2O/c11-8-2-1-7(3-9(8)12)15-5-6(4-14-15)10(13)16/h1-5H. The van der Waals surface area contributed by atoms with Crippen LogP contribution in [0.15, 0.2) is 30.6 Å². The van der Waals surface area contributed by atoms with Crippen LogP contribution in [0.2, 0.25) is 10.0 Å². The van der Waals surface area contributed by atoms with E-state index in [1.54, 1.807) is 18.2 Å². The Morgan fingerprint density at radius 1 is 1.25 bits per heavy atom. The molecule has 0 aliphatic rings. The van der Waals surface area contributed by atoms with Crippen molar-refractivity contribution in [2.24, 2.45) is 0 Å². The maximum absolute atomic E-state index is 10.9. The highest BCUT2D eigenvalue weighted by atomic mass is 35.5. The van der Waals surface area contributed by atoms with Gasteiger partial charge >= 0.3 is 0 Å². The van der Waals surface area contributed by atoms with Gasteiger partial charge in [0.15, 0.2) is 0 Å². The zero-order valence-electron chi connectivity index (χ0n) is 7.82. The van der Waals surface area contributed by atoms with E-state index in [2.05, 4.69) is 5.10 Å². The highest BCUT2D eigenvalue weighted by Gasteiger charge is 2.07. The molecule has 0 unspecified atom stereocenters. The van der Waals surface area contributed by atoms with Gasteiger partial charge in [0.2, 0.25) is 0 Å². The van der Waals surface area contributed by atoms with E-state index in [1.165, 1.54) is 17.1 Å². The van der Waals surface area contributed by atoms with Gasteiger partial charge in [-0.15, -0.1) is 0 Å². The van der Waals surface area contributed by atoms with Gasteiger partial charge in [0.25, 0.3) is 5.24 Å². The molecule has 0 spiro atoms. The number of nitrogens with zero attached hydrogens (tertiary/aromatic N) is 2. The molecule has 0 atom stereocenters. The molecule has 1 aromatic carbocycles. The average molecular weight is 276 g/mol. The zero-order chi connectivity index (χ0) is 11.7. The fourth-order valence-corrected chi connectivity index (χ4v) is 1.58. The third-order valence-electron chi connectivity index (χ3n) is 1.98. The molecule has 2 rings (SSSR count). The SMILES string of the molecule is O=C(Cl)c1cnn(-c2ccc(Cl)c(Cl)c2)c1. The Morgan fingerprint density at radius 3 is 2.56 bits per heavy atom. The quantitative estimate of drug-likeness (QED) is 0.786. The van der Waals surface area contributed by atoms with Crippen molar-refractivity contribution in [3.8, 4) is 5.69 Å². The van der Waals surface area contributed by atoms with Crippen molar-refractivity contribution in [3.63, 3.8) is 0 Å². The van der Waals surface area contributed by atoms with E-state index < -0.39 is 5.24 Å². The summed E-state index contributed by atoms with van der Waals surface area (Å²) in [6, 6.07) is 5.05. The van der Waals surface area contributed by atoms with Crippen molar-refractivity contribution in [1.82, 2.24) is 9.78 Å². The summed E-state index contributed by atoms with van der Waals surface area (Å²) in [6.45, 7) is 0. The fraction of sp³-hybridized carbons (Fsp3) is 0. The van der Waals surface area contributed by atoms with Crippen LogP contribution in [0, 0.1) is 0 Å². The van der Waals surface area contributed by atoms with Gasteiger partial charge in [-0.3, -0.25) is 4.79 Å². The number of rotatable bonds is 2. The Labute approximate surface area is 107 Å². The lowest BCUT2D eigenvalue weighted by Crippen LogP contribution is -1.94. The van der Waals surface area contributed by atoms with Crippen LogP contribution in [0.25, 0.3) is 5.69 Å². The minimum atomic E-state index is -0.550. The number of carbonyl (C=O) groups is 1. The van der Waals surface area contributed by atoms with Crippen molar-refractivity contribution in [2.75, 3.05) is 0 Å². The Morgan fingerprint density at radius 2 is 2.00 bits per heavy atom. The molecule has 0 N–H and O–H groups in total. The average Bonchev–Trinajstić information content (AvgIpc) is 2.71. The van der Waals surface area contributed by atoms with E-state index >= 15 is 0 Å². The summed E-state index contributed by atoms with van der Waals surface area (Å²) in [4.78, 5) is 10.9. The van der Waals surface area contributed by atoms with Gasteiger partial charge in [-0.25, -0.2) is 4.68 Å². The molecule has 3 nitrogen and oxygen atoms in total. The molecule has 0 amide bonds. The minimum absolute atomic E-state index is 0.327. The van der Waals surface area contributed by atoms with Crippen LogP contribution >= 0.6 is 34.8 Å². The number of hydrogen-bond donors (Lipinski definition) is 0. The monoisotopic (exact) mass is 274 g/mol. The molecule has 0 radical (unpaired) electrons. The number of aromatic nitrogens is 2.